The molecule has 0 unspecified atom stereocenters. The third-order valence-electron chi connectivity index (χ3n) is 3.44. The second-order valence-electron chi connectivity index (χ2n) is 6.14. The van der Waals surface area contributed by atoms with Crippen LogP contribution in [0.1, 0.15) is 62.0 Å². The normalized spacial score (nSPS) is 17.9. The first kappa shape index (κ1) is 13.0. The molecule has 1 heterocycles. The lowest BCUT2D eigenvalue weighted by atomic mass is 9.98. The molecule has 1 fully saturated rings. The Labute approximate surface area is 109 Å². The zero-order valence-corrected chi connectivity index (χ0v) is 12.3. The number of hydrogen-bond donors (Lipinski definition) is 1. The van der Waals surface area contributed by atoms with Crippen molar-refractivity contribution in [1.29, 1.82) is 0 Å². The number of nitrogens with one attached hydrogen (secondary N) is 1. The number of aromatic nitrogens is 1. The van der Waals surface area contributed by atoms with Crippen molar-refractivity contribution in [2.45, 2.75) is 71.4 Å². The van der Waals surface area contributed by atoms with Gasteiger partial charge in [-0.1, -0.05) is 33.6 Å². The van der Waals surface area contributed by atoms with Crippen molar-refractivity contribution in [3.05, 3.63) is 15.6 Å². The van der Waals surface area contributed by atoms with Gasteiger partial charge < -0.3 is 5.32 Å². The lowest BCUT2D eigenvalue weighted by Gasteiger charge is -2.13. The predicted molar refractivity (Wildman–Crippen MR) is 74.6 cm³/mol. The molecule has 2 nitrogen and oxygen atoms in total. The number of hydrogen-bond acceptors (Lipinski definition) is 3. The van der Waals surface area contributed by atoms with Gasteiger partial charge in [0.15, 0.2) is 0 Å². The molecule has 1 aromatic rings. The van der Waals surface area contributed by atoms with Crippen LogP contribution in [-0.2, 0) is 12.0 Å². The van der Waals surface area contributed by atoms with E-state index in [0.29, 0.717) is 0 Å². The van der Waals surface area contributed by atoms with Crippen LogP contribution in [0.2, 0.25) is 0 Å². The highest BCUT2D eigenvalue weighted by Gasteiger charge is 2.21. The second-order valence-corrected chi connectivity index (χ2v) is 7.22. The molecule has 0 aromatic carbocycles. The van der Waals surface area contributed by atoms with Crippen LogP contribution >= 0.6 is 11.3 Å². The Morgan fingerprint density at radius 3 is 2.47 bits per heavy atom. The fourth-order valence-electron chi connectivity index (χ4n) is 2.28. The fourth-order valence-corrected chi connectivity index (χ4v) is 3.35. The number of rotatable bonds is 3. The van der Waals surface area contributed by atoms with Gasteiger partial charge in [-0.15, -0.1) is 11.3 Å². The summed E-state index contributed by atoms with van der Waals surface area (Å²) >= 11 is 1.88. The number of aryl methyl sites for hydroxylation is 1. The van der Waals surface area contributed by atoms with E-state index in [1.54, 1.807) is 0 Å². The molecule has 96 valence electrons. The van der Waals surface area contributed by atoms with Crippen LogP contribution in [0.15, 0.2) is 0 Å². The summed E-state index contributed by atoms with van der Waals surface area (Å²) < 4.78 is 0. The average Bonchev–Trinajstić information content (AvgIpc) is 2.83. The van der Waals surface area contributed by atoms with Gasteiger partial charge in [0.1, 0.15) is 0 Å². The maximum Gasteiger partial charge on any atom is 0.0984 e. The van der Waals surface area contributed by atoms with E-state index in [-0.39, 0.29) is 5.41 Å². The van der Waals surface area contributed by atoms with Gasteiger partial charge in [-0.3, -0.25) is 0 Å². The summed E-state index contributed by atoms with van der Waals surface area (Å²) in [4.78, 5) is 6.12. The Balaban J connectivity index is 1.98. The van der Waals surface area contributed by atoms with Gasteiger partial charge in [0.2, 0.25) is 0 Å². The highest BCUT2D eigenvalue weighted by atomic mass is 32.1. The van der Waals surface area contributed by atoms with Gasteiger partial charge in [0.05, 0.1) is 10.7 Å². The maximum atomic E-state index is 4.71. The number of thiazole rings is 1. The smallest absolute Gasteiger partial charge is 0.0984 e. The van der Waals surface area contributed by atoms with E-state index in [0.717, 1.165) is 12.6 Å². The first-order chi connectivity index (χ1) is 7.97. The maximum absolute atomic E-state index is 4.71. The molecule has 17 heavy (non-hydrogen) atoms. The Bertz CT molecular complexity index is 370. The second kappa shape index (κ2) is 5.07. The van der Waals surface area contributed by atoms with E-state index in [1.807, 2.05) is 11.3 Å². The Morgan fingerprint density at radius 2 is 1.94 bits per heavy atom. The molecule has 0 aliphatic heterocycles. The Morgan fingerprint density at radius 1 is 1.29 bits per heavy atom. The molecule has 0 atom stereocenters. The van der Waals surface area contributed by atoms with Crippen LogP contribution in [0.4, 0.5) is 0 Å². The van der Waals surface area contributed by atoms with Crippen molar-refractivity contribution >= 4 is 11.3 Å². The summed E-state index contributed by atoms with van der Waals surface area (Å²) in [5.74, 6) is 0. The van der Waals surface area contributed by atoms with E-state index in [9.17, 15) is 0 Å². The van der Waals surface area contributed by atoms with E-state index in [1.165, 1.54) is 41.3 Å². The van der Waals surface area contributed by atoms with Crippen molar-refractivity contribution in [3.8, 4) is 0 Å². The van der Waals surface area contributed by atoms with Crippen molar-refractivity contribution in [1.82, 2.24) is 10.3 Å². The molecular formula is C14H24N2S. The molecule has 1 N–H and O–H groups in total. The first-order valence-electron chi connectivity index (χ1n) is 6.67. The molecule has 0 amide bonds. The van der Waals surface area contributed by atoms with Gasteiger partial charge in [0, 0.05) is 22.9 Å². The summed E-state index contributed by atoms with van der Waals surface area (Å²) in [6, 6.07) is 0.745. The van der Waals surface area contributed by atoms with Crippen molar-refractivity contribution in [2.75, 3.05) is 0 Å². The van der Waals surface area contributed by atoms with Crippen LogP contribution in [0.25, 0.3) is 0 Å². The van der Waals surface area contributed by atoms with E-state index >= 15 is 0 Å². The van der Waals surface area contributed by atoms with Crippen LogP contribution in [0, 0.1) is 6.92 Å². The summed E-state index contributed by atoms with van der Waals surface area (Å²) in [7, 11) is 0. The highest BCUT2D eigenvalue weighted by molar-refractivity contribution is 7.11. The lowest BCUT2D eigenvalue weighted by molar-refractivity contribution is 0.526. The van der Waals surface area contributed by atoms with Crippen molar-refractivity contribution < 1.29 is 0 Å². The van der Waals surface area contributed by atoms with Crippen molar-refractivity contribution in [3.63, 3.8) is 0 Å². The average molecular weight is 252 g/mol. The fraction of sp³-hybridized carbons (Fsp3) is 0.786. The standard InChI is InChI=1S/C14H24N2S/c1-10-12(9-15-11-7-5-6-8-11)17-13(16-10)14(2,3)4/h11,15H,5-9H2,1-4H3. The van der Waals surface area contributed by atoms with Crippen LogP contribution in [0.5, 0.6) is 0 Å². The number of nitrogens with zero attached hydrogens (tertiary/aromatic N) is 1. The molecular weight excluding hydrogens is 228 g/mol. The molecule has 1 aliphatic carbocycles. The van der Waals surface area contributed by atoms with Gasteiger partial charge in [-0.25, -0.2) is 4.98 Å². The topological polar surface area (TPSA) is 24.9 Å². The van der Waals surface area contributed by atoms with E-state index in [4.69, 9.17) is 4.98 Å². The largest absolute Gasteiger partial charge is 0.309 e. The van der Waals surface area contributed by atoms with Crippen LogP contribution < -0.4 is 5.32 Å². The van der Waals surface area contributed by atoms with Gasteiger partial charge in [-0.2, -0.15) is 0 Å². The summed E-state index contributed by atoms with van der Waals surface area (Å²) in [5.41, 5.74) is 1.39. The molecule has 2 rings (SSSR count). The molecule has 3 heteroatoms. The summed E-state index contributed by atoms with van der Waals surface area (Å²) in [5, 5.41) is 4.94. The lowest BCUT2D eigenvalue weighted by Crippen LogP contribution is -2.25. The van der Waals surface area contributed by atoms with E-state index in [2.05, 4.69) is 33.0 Å². The Kier molecular flexibility index (Phi) is 3.88. The zero-order valence-electron chi connectivity index (χ0n) is 11.5. The third kappa shape index (κ3) is 3.29. The minimum Gasteiger partial charge on any atom is -0.309 e. The van der Waals surface area contributed by atoms with Crippen LogP contribution in [0.3, 0.4) is 0 Å². The van der Waals surface area contributed by atoms with E-state index < -0.39 is 0 Å². The molecule has 0 radical (unpaired) electrons. The minimum atomic E-state index is 0.182. The monoisotopic (exact) mass is 252 g/mol. The highest BCUT2D eigenvalue weighted by Crippen LogP contribution is 2.29. The molecule has 0 spiro atoms. The first-order valence-corrected chi connectivity index (χ1v) is 7.48. The molecule has 1 saturated carbocycles. The quantitative estimate of drug-likeness (QED) is 0.885. The summed E-state index contributed by atoms with van der Waals surface area (Å²) in [6.45, 7) is 9.85. The van der Waals surface area contributed by atoms with Crippen molar-refractivity contribution in [2.24, 2.45) is 0 Å². The molecule has 1 aliphatic rings. The Hall–Kier alpha value is -0.410. The van der Waals surface area contributed by atoms with Gasteiger partial charge in [-0.05, 0) is 19.8 Å². The van der Waals surface area contributed by atoms with Crippen LogP contribution in [-0.4, -0.2) is 11.0 Å². The molecule has 0 bridgehead atoms. The molecule has 0 saturated heterocycles. The van der Waals surface area contributed by atoms with Gasteiger partial charge in [0.25, 0.3) is 0 Å². The summed E-state index contributed by atoms with van der Waals surface area (Å²) in [6.07, 6.45) is 5.49. The minimum absolute atomic E-state index is 0.182. The molecule has 1 aromatic heterocycles. The predicted octanol–water partition coefficient (Wildman–Crippen LogP) is 3.78. The third-order valence-corrected chi connectivity index (χ3v) is 5.02. The SMILES string of the molecule is Cc1nc(C(C)(C)C)sc1CNC1CCCC1. The van der Waals surface area contributed by atoms with Gasteiger partial charge >= 0.3 is 0 Å². The zero-order chi connectivity index (χ0) is 12.5.